The molecule has 1 aliphatic rings. The lowest BCUT2D eigenvalue weighted by Crippen LogP contribution is -2.49. The van der Waals surface area contributed by atoms with E-state index in [0.29, 0.717) is 6.61 Å². The molecule has 0 saturated carbocycles. The van der Waals surface area contributed by atoms with Crippen LogP contribution in [0.25, 0.3) is 0 Å². The van der Waals surface area contributed by atoms with E-state index in [1.54, 1.807) is 25.8 Å². The monoisotopic (exact) mass is 230 g/mol. The van der Waals surface area contributed by atoms with E-state index in [0.717, 1.165) is 13.0 Å². The fourth-order valence-corrected chi connectivity index (χ4v) is 1.63. The van der Waals surface area contributed by atoms with Crippen molar-refractivity contribution in [3.8, 4) is 0 Å². The zero-order valence-corrected chi connectivity index (χ0v) is 10.3. The van der Waals surface area contributed by atoms with Crippen molar-refractivity contribution in [1.82, 2.24) is 4.90 Å². The van der Waals surface area contributed by atoms with Gasteiger partial charge in [0.05, 0.1) is 23.1 Å². The third-order valence-corrected chi connectivity index (χ3v) is 3.43. The van der Waals surface area contributed by atoms with Gasteiger partial charge >= 0.3 is 0 Å². The maximum Gasteiger partial charge on any atom is 0.235 e. The van der Waals surface area contributed by atoms with E-state index in [1.807, 2.05) is 0 Å². The molecular weight excluding hydrogens is 212 g/mol. The van der Waals surface area contributed by atoms with Crippen LogP contribution in [-0.2, 0) is 9.53 Å². The van der Waals surface area contributed by atoms with E-state index in [4.69, 9.17) is 22.7 Å². The second-order valence-corrected chi connectivity index (χ2v) is 4.86. The van der Waals surface area contributed by atoms with Crippen molar-refractivity contribution in [3.63, 3.8) is 0 Å². The molecule has 1 aliphatic heterocycles. The van der Waals surface area contributed by atoms with Crippen molar-refractivity contribution in [1.29, 1.82) is 0 Å². The number of likely N-dealkylation sites (N-methyl/N-ethyl adjacent to an activating group) is 1. The van der Waals surface area contributed by atoms with Crippen molar-refractivity contribution in [3.05, 3.63) is 0 Å². The molecule has 86 valence electrons. The van der Waals surface area contributed by atoms with Gasteiger partial charge in [-0.3, -0.25) is 4.79 Å². The lowest BCUT2D eigenvalue weighted by Gasteiger charge is -2.31. The lowest BCUT2D eigenvalue weighted by molar-refractivity contribution is -0.137. The molecule has 1 unspecified atom stereocenters. The normalized spacial score (nSPS) is 21.4. The topological polar surface area (TPSA) is 55.6 Å². The number of thiocarbonyl (C=S) groups is 1. The molecule has 1 atom stereocenters. The van der Waals surface area contributed by atoms with E-state index in [-0.39, 0.29) is 16.9 Å². The minimum atomic E-state index is -0.771. The molecule has 4 nitrogen and oxygen atoms in total. The summed E-state index contributed by atoms with van der Waals surface area (Å²) in [5, 5.41) is 0. The molecule has 5 heteroatoms. The summed E-state index contributed by atoms with van der Waals surface area (Å²) in [6.45, 7) is 4.83. The molecule has 1 rings (SSSR count). The average molecular weight is 230 g/mol. The summed E-state index contributed by atoms with van der Waals surface area (Å²) in [5.41, 5.74) is 4.79. The minimum Gasteiger partial charge on any atom is -0.392 e. The average Bonchev–Trinajstić information content (AvgIpc) is 2.67. The maximum atomic E-state index is 12.1. The maximum absolute atomic E-state index is 12.1. The summed E-state index contributed by atoms with van der Waals surface area (Å²) in [6, 6.07) is 0.158. The lowest BCUT2D eigenvalue weighted by atomic mass is 9.91. The van der Waals surface area contributed by atoms with Crippen LogP contribution in [0.2, 0.25) is 0 Å². The number of ether oxygens (including phenoxy) is 1. The van der Waals surface area contributed by atoms with E-state index in [2.05, 4.69) is 0 Å². The van der Waals surface area contributed by atoms with Gasteiger partial charge in [-0.1, -0.05) is 12.2 Å². The Morgan fingerprint density at radius 2 is 2.20 bits per heavy atom. The second kappa shape index (κ2) is 4.45. The molecule has 0 aromatic carbocycles. The largest absolute Gasteiger partial charge is 0.392 e. The molecule has 15 heavy (non-hydrogen) atoms. The summed E-state index contributed by atoms with van der Waals surface area (Å²) in [6.07, 6.45) is 0.885. The van der Waals surface area contributed by atoms with Crippen molar-refractivity contribution >= 4 is 23.1 Å². The number of hydrogen-bond donors (Lipinski definition) is 1. The third kappa shape index (κ3) is 2.46. The van der Waals surface area contributed by atoms with E-state index < -0.39 is 5.41 Å². The number of hydrogen-bond acceptors (Lipinski definition) is 3. The summed E-state index contributed by atoms with van der Waals surface area (Å²) in [7, 11) is 1.78. The number of carbonyl (C=O) groups is 1. The standard InChI is InChI=1S/C10H18N2O2S/c1-10(2,8(11)15)9(13)12(3)7-4-5-14-6-7/h7H,4-6H2,1-3H3,(H2,11,15). The van der Waals surface area contributed by atoms with Crippen molar-refractivity contribution in [2.24, 2.45) is 11.1 Å². The summed E-state index contributed by atoms with van der Waals surface area (Å²) in [5.74, 6) is -0.0366. The van der Waals surface area contributed by atoms with Crippen molar-refractivity contribution < 1.29 is 9.53 Å². The fraction of sp³-hybridized carbons (Fsp3) is 0.800. The Hall–Kier alpha value is -0.680. The molecule has 2 N–H and O–H groups in total. The zero-order valence-electron chi connectivity index (χ0n) is 9.45. The van der Waals surface area contributed by atoms with Gasteiger partial charge in [-0.15, -0.1) is 0 Å². The number of nitrogens with zero attached hydrogens (tertiary/aromatic N) is 1. The van der Waals surface area contributed by atoms with Gasteiger partial charge in [0.2, 0.25) is 5.91 Å². The first-order valence-corrected chi connectivity index (χ1v) is 5.43. The summed E-state index contributed by atoms with van der Waals surface area (Å²) < 4.78 is 5.24. The smallest absolute Gasteiger partial charge is 0.235 e. The third-order valence-electron chi connectivity index (χ3n) is 2.92. The van der Waals surface area contributed by atoms with Gasteiger partial charge in [-0.05, 0) is 20.3 Å². The molecule has 0 radical (unpaired) electrons. The Labute approximate surface area is 95.8 Å². The second-order valence-electron chi connectivity index (χ2n) is 4.42. The number of carbonyl (C=O) groups excluding carboxylic acids is 1. The van der Waals surface area contributed by atoms with Crippen LogP contribution in [0.5, 0.6) is 0 Å². The highest BCUT2D eigenvalue weighted by molar-refractivity contribution is 7.80. The fourth-order valence-electron chi connectivity index (χ4n) is 1.54. The Balaban J connectivity index is 2.70. The number of rotatable bonds is 3. The van der Waals surface area contributed by atoms with E-state index in [1.165, 1.54) is 0 Å². The first kappa shape index (κ1) is 12.4. The van der Waals surface area contributed by atoms with Gasteiger partial charge in [0.25, 0.3) is 0 Å². The van der Waals surface area contributed by atoms with Crippen LogP contribution in [0.1, 0.15) is 20.3 Å². The minimum absolute atomic E-state index is 0.0366. The first-order valence-electron chi connectivity index (χ1n) is 5.02. The van der Waals surface area contributed by atoms with Crippen LogP contribution in [-0.4, -0.2) is 42.1 Å². The summed E-state index contributed by atoms with van der Waals surface area (Å²) in [4.78, 5) is 14.0. The van der Waals surface area contributed by atoms with Gasteiger partial charge in [0.15, 0.2) is 0 Å². The van der Waals surface area contributed by atoms with Crippen LogP contribution in [0.3, 0.4) is 0 Å². The quantitative estimate of drug-likeness (QED) is 0.719. The highest BCUT2D eigenvalue weighted by atomic mass is 32.1. The van der Waals surface area contributed by atoms with Crippen LogP contribution in [0.15, 0.2) is 0 Å². The van der Waals surface area contributed by atoms with Crippen molar-refractivity contribution in [2.45, 2.75) is 26.3 Å². The highest BCUT2D eigenvalue weighted by Crippen LogP contribution is 2.22. The van der Waals surface area contributed by atoms with Gasteiger partial charge < -0.3 is 15.4 Å². The van der Waals surface area contributed by atoms with Crippen LogP contribution < -0.4 is 5.73 Å². The molecular formula is C10H18N2O2S. The molecule has 0 aliphatic carbocycles. The summed E-state index contributed by atoms with van der Waals surface area (Å²) >= 11 is 4.90. The SMILES string of the molecule is CN(C(=O)C(C)(C)C(N)=S)C1CCOC1. The predicted molar refractivity (Wildman–Crippen MR) is 62.6 cm³/mol. The zero-order chi connectivity index (χ0) is 11.6. The van der Waals surface area contributed by atoms with Gasteiger partial charge in [0.1, 0.15) is 0 Å². The van der Waals surface area contributed by atoms with Crippen LogP contribution in [0, 0.1) is 5.41 Å². The molecule has 1 amide bonds. The Morgan fingerprint density at radius 3 is 2.60 bits per heavy atom. The molecule has 0 aromatic rings. The van der Waals surface area contributed by atoms with E-state index in [9.17, 15) is 4.79 Å². The van der Waals surface area contributed by atoms with Gasteiger partial charge in [-0.25, -0.2) is 0 Å². The molecule has 1 fully saturated rings. The predicted octanol–water partition coefficient (Wildman–Crippen LogP) is 0.546. The molecule has 1 saturated heterocycles. The Bertz CT molecular complexity index is 273. The molecule has 0 bridgehead atoms. The van der Waals surface area contributed by atoms with Crippen LogP contribution in [0.4, 0.5) is 0 Å². The molecule has 0 aromatic heterocycles. The molecule has 0 spiro atoms. The van der Waals surface area contributed by atoms with Crippen molar-refractivity contribution in [2.75, 3.05) is 20.3 Å². The van der Waals surface area contributed by atoms with Gasteiger partial charge in [-0.2, -0.15) is 0 Å². The Kier molecular flexibility index (Phi) is 3.67. The highest BCUT2D eigenvalue weighted by Gasteiger charge is 2.36. The molecule has 1 heterocycles. The Morgan fingerprint density at radius 1 is 1.60 bits per heavy atom. The number of nitrogens with two attached hydrogens (primary N) is 1. The number of amides is 1. The van der Waals surface area contributed by atoms with Crippen LogP contribution >= 0.6 is 12.2 Å². The van der Waals surface area contributed by atoms with Gasteiger partial charge in [0, 0.05) is 13.7 Å². The first-order chi connectivity index (χ1) is 6.87. The van der Waals surface area contributed by atoms with E-state index >= 15 is 0 Å².